The van der Waals surface area contributed by atoms with Gasteiger partial charge >= 0.3 is 0 Å². The second-order valence-corrected chi connectivity index (χ2v) is 10.9. The second-order valence-electron chi connectivity index (χ2n) is 10.9. The second kappa shape index (κ2) is 9.44. The van der Waals surface area contributed by atoms with E-state index < -0.39 is 6.04 Å². The van der Waals surface area contributed by atoms with Crippen LogP contribution in [0.15, 0.2) is 162 Å². The fraction of sp³-hybridized carbons (Fsp3) is 0. The fourth-order valence-corrected chi connectivity index (χ4v) is 6.70. The van der Waals surface area contributed by atoms with Crippen molar-refractivity contribution in [2.75, 3.05) is 0 Å². The smallest absolute Gasteiger partial charge is 0.143 e. The third-order valence-electron chi connectivity index (χ3n) is 8.55. The zero-order chi connectivity index (χ0) is 32.7. The van der Waals surface area contributed by atoms with Gasteiger partial charge in [-0.15, -0.1) is 0 Å². The first kappa shape index (κ1) is 19.5. The molecular formula is C42H26O. The van der Waals surface area contributed by atoms with Gasteiger partial charge in [-0.25, -0.2) is 0 Å². The molecule has 0 fully saturated rings. The molecule has 0 radical (unpaired) electrons. The summed E-state index contributed by atoms with van der Waals surface area (Å²) in [5.41, 5.74) is 6.67. The van der Waals surface area contributed by atoms with E-state index in [-0.39, 0.29) is 29.7 Å². The highest BCUT2D eigenvalue weighted by molar-refractivity contribution is 6.22. The molecule has 9 rings (SSSR count). The maximum Gasteiger partial charge on any atom is 0.143 e. The third kappa shape index (κ3) is 3.65. The highest BCUT2D eigenvalue weighted by Crippen LogP contribution is 2.44. The minimum absolute atomic E-state index is 0.207. The van der Waals surface area contributed by atoms with Gasteiger partial charge in [0.15, 0.2) is 0 Å². The summed E-state index contributed by atoms with van der Waals surface area (Å²) >= 11 is 0. The molecule has 0 spiro atoms. The molecule has 0 atom stereocenters. The number of furan rings is 1. The molecule has 1 nitrogen and oxygen atoms in total. The van der Waals surface area contributed by atoms with Crippen molar-refractivity contribution in [3.8, 4) is 33.4 Å². The van der Waals surface area contributed by atoms with Crippen LogP contribution in [0.25, 0.3) is 87.6 Å². The van der Waals surface area contributed by atoms with Crippen molar-refractivity contribution in [3.05, 3.63) is 158 Å². The average molecular weight is 552 g/mol. The van der Waals surface area contributed by atoms with E-state index in [1.54, 1.807) is 0 Å². The highest BCUT2D eigenvalue weighted by Gasteiger charge is 2.18. The van der Waals surface area contributed by atoms with Gasteiger partial charge in [-0.3, -0.25) is 0 Å². The Morgan fingerprint density at radius 3 is 1.65 bits per heavy atom. The number of benzene rings is 8. The van der Waals surface area contributed by atoms with Crippen molar-refractivity contribution >= 4 is 54.3 Å². The van der Waals surface area contributed by atoms with Crippen molar-refractivity contribution in [2.45, 2.75) is 0 Å². The van der Waals surface area contributed by atoms with E-state index >= 15 is 0 Å². The zero-order valence-electron chi connectivity index (χ0n) is 28.0. The van der Waals surface area contributed by atoms with Crippen LogP contribution in [0.1, 0.15) is 6.85 Å². The minimum atomic E-state index is -0.397. The molecule has 1 aromatic heterocycles. The Labute approximate surface area is 256 Å². The van der Waals surface area contributed by atoms with Crippen LogP contribution >= 0.6 is 0 Å². The summed E-state index contributed by atoms with van der Waals surface area (Å²) in [6.07, 6.45) is 0. The molecule has 1 heteroatoms. The Kier molecular flexibility index (Phi) is 4.27. The first-order valence-corrected chi connectivity index (χ1v) is 14.4. The van der Waals surface area contributed by atoms with Crippen LogP contribution in [0.2, 0.25) is 0 Å². The Hall–Kier alpha value is -5.66. The lowest BCUT2D eigenvalue weighted by Gasteiger charge is -2.18. The van der Waals surface area contributed by atoms with Gasteiger partial charge in [0.2, 0.25) is 0 Å². The average Bonchev–Trinajstić information content (AvgIpc) is 3.53. The highest BCUT2D eigenvalue weighted by atomic mass is 16.3. The van der Waals surface area contributed by atoms with E-state index in [1.165, 1.54) is 10.8 Å². The van der Waals surface area contributed by atoms with Gasteiger partial charge in [-0.2, -0.15) is 0 Å². The van der Waals surface area contributed by atoms with Crippen molar-refractivity contribution in [2.24, 2.45) is 0 Å². The maximum absolute atomic E-state index is 8.80. The summed E-state index contributed by atoms with van der Waals surface area (Å²) in [4.78, 5) is 0. The van der Waals surface area contributed by atoms with E-state index in [4.69, 9.17) is 11.3 Å². The normalized spacial score (nSPS) is 13.3. The summed E-state index contributed by atoms with van der Waals surface area (Å²) in [6.45, 7) is 0. The van der Waals surface area contributed by atoms with Gasteiger partial charge in [-0.1, -0.05) is 152 Å². The molecule has 9 aromatic rings. The fourth-order valence-electron chi connectivity index (χ4n) is 6.70. The largest absolute Gasteiger partial charge is 0.455 e. The molecule has 0 aliphatic heterocycles. The molecule has 0 aliphatic carbocycles. The topological polar surface area (TPSA) is 13.1 Å². The van der Waals surface area contributed by atoms with E-state index in [0.29, 0.717) is 5.56 Å². The lowest BCUT2D eigenvalue weighted by Crippen LogP contribution is -1.90. The van der Waals surface area contributed by atoms with E-state index in [9.17, 15) is 0 Å². The van der Waals surface area contributed by atoms with Crippen molar-refractivity contribution in [3.63, 3.8) is 0 Å². The molecule has 0 unspecified atom stereocenters. The van der Waals surface area contributed by atoms with Crippen LogP contribution in [0.4, 0.5) is 0 Å². The van der Waals surface area contributed by atoms with E-state index in [1.807, 2.05) is 48.5 Å². The summed E-state index contributed by atoms with van der Waals surface area (Å²) in [5.74, 6) is 0. The number of rotatable bonds is 3. The summed E-state index contributed by atoms with van der Waals surface area (Å²) in [5, 5.41) is 8.10. The molecule has 0 aliphatic rings. The Bertz CT molecular complexity index is 2690. The first-order chi connectivity index (χ1) is 23.4. The van der Waals surface area contributed by atoms with Crippen LogP contribution in [0.5, 0.6) is 0 Å². The lowest BCUT2D eigenvalue weighted by atomic mass is 9.85. The molecular weight excluding hydrogens is 520 g/mol. The molecule has 0 saturated carbocycles. The van der Waals surface area contributed by atoms with Crippen molar-refractivity contribution < 1.29 is 11.3 Å². The van der Waals surface area contributed by atoms with Crippen LogP contribution in [-0.2, 0) is 0 Å². The molecule has 0 saturated heterocycles. The lowest BCUT2D eigenvalue weighted by molar-refractivity contribution is 0.670. The molecule has 200 valence electrons. The molecule has 0 bridgehead atoms. The van der Waals surface area contributed by atoms with Gasteiger partial charge < -0.3 is 4.42 Å². The summed E-state index contributed by atoms with van der Waals surface area (Å²) < 4.78 is 49.0. The molecule has 0 amide bonds. The van der Waals surface area contributed by atoms with Crippen LogP contribution in [0.3, 0.4) is 0 Å². The van der Waals surface area contributed by atoms with Gasteiger partial charge in [0.05, 0.1) is 6.85 Å². The first-order valence-electron chi connectivity index (χ1n) is 16.9. The maximum atomic E-state index is 8.80. The zero-order valence-corrected chi connectivity index (χ0v) is 23.0. The minimum Gasteiger partial charge on any atom is -0.455 e. The molecule has 8 aromatic carbocycles. The number of para-hydroxylation sites is 1. The third-order valence-corrected chi connectivity index (χ3v) is 8.55. The monoisotopic (exact) mass is 551 g/mol. The number of hydrogen-bond acceptors (Lipinski definition) is 1. The van der Waals surface area contributed by atoms with Crippen molar-refractivity contribution in [1.29, 1.82) is 0 Å². The molecule has 1 heterocycles. The van der Waals surface area contributed by atoms with Crippen molar-refractivity contribution in [1.82, 2.24) is 0 Å². The van der Waals surface area contributed by atoms with Crippen LogP contribution in [0, 0.1) is 0 Å². The molecule has 0 N–H and O–H groups in total. The van der Waals surface area contributed by atoms with Crippen LogP contribution < -0.4 is 0 Å². The van der Waals surface area contributed by atoms with Gasteiger partial charge in [0.1, 0.15) is 11.2 Å². The number of hydrogen-bond donors (Lipinski definition) is 0. The van der Waals surface area contributed by atoms with Gasteiger partial charge in [-0.05, 0) is 66.2 Å². The van der Waals surface area contributed by atoms with Gasteiger partial charge in [0, 0.05) is 16.3 Å². The predicted octanol–water partition coefficient (Wildman–Crippen LogP) is 12.0. The standard InChI is InChI=1S/C42H26O/c1-2-12-29(13-3-1)39-33-15-6-8-17-35(33)40(36-18-9-7-16-34(36)39)30-23-21-28(22-24-30)32-19-10-20-37-41-31-14-5-4-11-27(31)25-26-38(41)43-42(32)37/h1-26H/i1D,2D,3D,12D,13D. The quantitative estimate of drug-likeness (QED) is 0.199. The summed E-state index contributed by atoms with van der Waals surface area (Å²) in [6, 6.07) is 41.7. The van der Waals surface area contributed by atoms with Gasteiger partial charge in [0.25, 0.3) is 0 Å². The SMILES string of the molecule is [2H]c1c([2H])c([2H])c(-c2c3ccccc3c(-c3ccc(-c4cccc5c4oc4ccc6ccccc6c45)cc3)c3ccccc23)c([2H])c1[2H]. The Morgan fingerprint density at radius 1 is 0.419 bits per heavy atom. The van der Waals surface area contributed by atoms with E-state index in [0.717, 1.165) is 65.7 Å². The number of fused-ring (bicyclic) bond motifs is 7. The Morgan fingerprint density at radius 2 is 0.977 bits per heavy atom. The molecule has 43 heavy (non-hydrogen) atoms. The van der Waals surface area contributed by atoms with E-state index in [2.05, 4.69) is 78.9 Å². The summed E-state index contributed by atoms with van der Waals surface area (Å²) in [7, 11) is 0. The van der Waals surface area contributed by atoms with Crippen LogP contribution in [-0.4, -0.2) is 0 Å². The Balaban J connectivity index is 1.26. The predicted molar refractivity (Wildman–Crippen MR) is 183 cm³/mol.